The molecule has 2 unspecified atom stereocenters. The van der Waals surface area contributed by atoms with Crippen LogP contribution < -0.4 is 4.90 Å². The Morgan fingerprint density at radius 2 is 1.83 bits per heavy atom. The molecule has 1 N–H and O–H groups in total. The molecule has 2 aromatic rings. The number of ether oxygens (including phenoxy) is 2. The van der Waals surface area contributed by atoms with Crippen molar-refractivity contribution < 1.29 is 19.1 Å². The van der Waals surface area contributed by atoms with Gasteiger partial charge in [0.25, 0.3) is 0 Å². The summed E-state index contributed by atoms with van der Waals surface area (Å²) in [6, 6.07) is 0. The zero-order valence-electron chi connectivity index (χ0n) is 12.6. The van der Waals surface area contributed by atoms with Gasteiger partial charge in [0.2, 0.25) is 0 Å². The predicted octanol–water partition coefficient (Wildman–Crippen LogP) is 1.29. The highest BCUT2D eigenvalue weighted by molar-refractivity contribution is 6.33. The van der Waals surface area contributed by atoms with Gasteiger partial charge < -0.3 is 19.4 Å². The fourth-order valence-electron chi connectivity index (χ4n) is 2.73. The highest BCUT2D eigenvalue weighted by Crippen LogP contribution is 2.31. The number of hydrogen-bond donors (Lipinski definition) is 1. The Balaban J connectivity index is 1.89. The van der Waals surface area contributed by atoms with Gasteiger partial charge in [0.05, 0.1) is 18.8 Å². The molecule has 0 aliphatic carbocycles. The first-order valence-electron chi connectivity index (χ1n) is 7.02. The average Bonchev–Trinajstić information content (AvgIpc) is 3.03. The molecule has 2 atom stereocenters. The maximum Gasteiger partial charge on any atom is 0.303 e. The predicted molar refractivity (Wildman–Crippen MR) is 82.2 cm³/mol. The zero-order chi connectivity index (χ0) is 16.6. The summed E-state index contributed by atoms with van der Waals surface area (Å²) in [5, 5.41) is 0.327. The number of esters is 2. The Kier molecular flexibility index (Phi) is 4.08. The first-order valence-corrected chi connectivity index (χ1v) is 7.40. The molecule has 1 aliphatic heterocycles. The van der Waals surface area contributed by atoms with Crippen LogP contribution in [0.3, 0.4) is 0 Å². The minimum atomic E-state index is -0.529. The molecule has 2 aromatic heterocycles. The second-order valence-corrected chi connectivity index (χ2v) is 5.62. The van der Waals surface area contributed by atoms with Crippen molar-refractivity contribution in [3.63, 3.8) is 0 Å². The molecule has 0 radical (unpaired) electrons. The van der Waals surface area contributed by atoms with E-state index in [0.29, 0.717) is 29.3 Å². The van der Waals surface area contributed by atoms with E-state index >= 15 is 0 Å². The van der Waals surface area contributed by atoms with E-state index in [-0.39, 0.29) is 0 Å². The van der Waals surface area contributed by atoms with E-state index in [1.165, 1.54) is 20.2 Å². The third-order valence-corrected chi connectivity index (χ3v) is 3.87. The first kappa shape index (κ1) is 15.5. The Morgan fingerprint density at radius 1 is 1.22 bits per heavy atom. The number of halogens is 1. The van der Waals surface area contributed by atoms with Gasteiger partial charge in [-0.05, 0) is 0 Å². The van der Waals surface area contributed by atoms with E-state index in [9.17, 15) is 9.59 Å². The summed E-state index contributed by atoms with van der Waals surface area (Å²) in [5.41, 5.74) is 2.08. The molecule has 3 rings (SSSR count). The third-order valence-electron chi connectivity index (χ3n) is 3.59. The number of aromatic nitrogens is 3. The summed E-state index contributed by atoms with van der Waals surface area (Å²) in [6.07, 6.45) is 2.08. The molecule has 0 amide bonds. The van der Waals surface area contributed by atoms with Gasteiger partial charge in [-0.1, -0.05) is 11.6 Å². The van der Waals surface area contributed by atoms with Crippen LogP contribution in [-0.4, -0.2) is 52.2 Å². The summed E-state index contributed by atoms with van der Waals surface area (Å²) in [7, 11) is 0. The van der Waals surface area contributed by atoms with Gasteiger partial charge in [-0.2, -0.15) is 0 Å². The molecule has 0 spiro atoms. The summed E-state index contributed by atoms with van der Waals surface area (Å²) >= 11 is 6.03. The quantitative estimate of drug-likeness (QED) is 0.665. The maximum absolute atomic E-state index is 11.3. The Morgan fingerprint density at radius 3 is 2.39 bits per heavy atom. The molecular formula is C14H15ClN4O4. The third kappa shape index (κ3) is 3.07. The molecule has 8 nitrogen and oxygen atoms in total. The number of nitrogens with one attached hydrogen (secondary N) is 1. The van der Waals surface area contributed by atoms with E-state index in [4.69, 9.17) is 21.1 Å². The van der Waals surface area contributed by atoms with Crippen molar-refractivity contribution in [2.24, 2.45) is 0 Å². The number of rotatable bonds is 3. The van der Waals surface area contributed by atoms with E-state index in [2.05, 4.69) is 15.0 Å². The van der Waals surface area contributed by atoms with Gasteiger partial charge in [-0.15, -0.1) is 0 Å². The van der Waals surface area contributed by atoms with Crippen LogP contribution in [0.2, 0.25) is 5.15 Å². The van der Waals surface area contributed by atoms with Gasteiger partial charge in [-0.25, -0.2) is 9.97 Å². The summed E-state index contributed by atoms with van der Waals surface area (Å²) in [5.74, 6) is -0.836. The fraction of sp³-hybridized carbons (Fsp3) is 0.429. The lowest BCUT2D eigenvalue weighted by Gasteiger charge is -2.17. The van der Waals surface area contributed by atoms with Crippen molar-refractivity contribution in [2.75, 3.05) is 18.0 Å². The Bertz CT molecular complexity index is 738. The largest absolute Gasteiger partial charge is 0.457 e. The van der Waals surface area contributed by atoms with Crippen LogP contribution in [-0.2, 0) is 19.1 Å². The van der Waals surface area contributed by atoms with Crippen LogP contribution in [0.1, 0.15) is 13.8 Å². The number of hydrogen-bond acceptors (Lipinski definition) is 7. The van der Waals surface area contributed by atoms with Gasteiger partial charge in [0, 0.05) is 20.0 Å². The minimum Gasteiger partial charge on any atom is -0.457 e. The number of H-pyrrole nitrogens is 1. The lowest BCUT2D eigenvalue weighted by molar-refractivity contribution is -0.160. The average molecular weight is 339 g/mol. The lowest BCUT2D eigenvalue weighted by atomic mass is 10.2. The number of carbonyl (C=O) groups excluding carboxylic acids is 2. The van der Waals surface area contributed by atoms with Crippen molar-refractivity contribution in [3.8, 4) is 0 Å². The van der Waals surface area contributed by atoms with Crippen LogP contribution in [0.25, 0.3) is 11.0 Å². The molecule has 1 fully saturated rings. The normalized spacial score (nSPS) is 20.7. The Labute approximate surface area is 136 Å². The molecule has 3 heterocycles. The second-order valence-electron chi connectivity index (χ2n) is 5.26. The molecule has 122 valence electrons. The molecule has 0 saturated carbocycles. The number of fused-ring (bicyclic) bond motifs is 1. The number of anilines is 1. The second kappa shape index (κ2) is 6.04. The summed E-state index contributed by atoms with van der Waals surface area (Å²) < 4.78 is 10.5. The van der Waals surface area contributed by atoms with Crippen LogP contribution in [0.5, 0.6) is 0 Å². The Hall–Kier alpha value is -2.35. The van der Waals surface area contributed by atoms with Crippen LogP contribution in [0.15, 0.2) is 12.5 Å². The smallest absolute Gasteiger partial charge is 0.303 e. The first-order chi connectivity index (χ1) is 11.0. The van der Waals surface area contributed by atoms with Crippen molar-refractivity contribution in [1.29, 1.82) is 0 Å². The summed E-state index contributed by atoms with van der Waals surface area (Å²) in [6.45, 7) is 3.44. The van der Waals surface area contributed by atoms with Crippen molar-refractivity contribution in [2.45, 2.75) is 26.1 Å². The van der Waals surface area contributed by atoms with Gasteiger partial charge in [0.15, 0.2) is 17.4 Å². The van der Waals surface area contributed by atoms with E-state index in [1.807, 2.05) is 4.90 Å². The number of aromatic amines is 1. The van der Waals surface area contributed by atoms with Gasteiger partial charge in [-0.3, -0.25) is 9.59 Å². The molecule has 1 saturated heterocycles. The molecule has 1 aliphatic rings. The van der Waals surface area contributed by atoms with Crippen LogP contribution in [0.4, 0.5) is 5.69 Å². The SMILES string of the molecule is CC(=O)OC1CN(c2c[nH]c3c(Cl)ncnc23)CC1OC(C)=O. The molecule has 23 heavy (non-hydrogen) atoms. The van der Waals surface area contributed by atoms with Crippen molar-refractivity contribution in [3.05, 3.63) is 17.7 Å². The minimum absolute atomic E-state index is 0.327. The molecule has 0 aromatic carbocycles. The fourth-order valence-corrected chi connectivity index (χ4v) is 2.92. The van der Waals surface area contributed by atoms with Crippen molar-refractivity contribution >= 4 is 40.3 Å². The zero-order valence-corrected chi connectivity index (χ0v) is 13.3. The number of carbonyl (C=O) groups is 2. The molecule has 9 heteroatoms. The van der Waals surface area contributed by atoms with Crippen LogP contribution >= 0.6 is 11.6 Å². The van der Waals surface area contributed by atoms with E-state index < -0.39 is 24.1 Å². The highest BCUT2D eigenvalue weighted by atomic mass is 35.5. The topological polar surface area (TPSA) is 97.4 Å². The standard InChI is InChI=1S/C14H15ClN4O4/c1-7(20)22-10-4-19(5-11(10)23-8(2)21)9-3-16-13-12(9)17-6-18-14(13)15/h3,6,10-11,16H,4-5H2,1-2H3. The molecular weight excluding hydrogens is 324 g/mol. The highest BCUT2D eigenvalue weighted by Gasteiger charge is 2.38. The monoisotopic (exact) mass is 338 g/mol. The number of nitrogens with zero attached hydrogens (tertiary/aromatic N) is 3. The van der Waals surface area contributed by atoms with Gasteiger partial charge >= 0.3 is 11.9 Å². The van der Waals surface area contributed by atoms with Gasteiger partial charge in [0.1, 0.15) is 17.4 Å². The maximum atomic E-state index is 11.3. The van der Waals surface area contributed by atoms with Crippen LogP contribution in [0, 0.1) is 0 Å². The van der Waals surface area contributed by atoms with E-state index in [0.717, 1.165) is 5.69 Å². The molecule has 0 bridgehead atoms. The summed E-state index contributed by atoms with van der Waals surface area (Å²) in [4.78, 5) is 35.6. The van der Waals surface area contributed by atoms with Crippen molar-refractivity contribution in [1.82, 2.24) is 15.0 Å². The lowest BCUT2D eigenvalue weighted by Crippen LogP contribution is -2.32. The van der Waals surface area contributed by atoms with E-state index in [1.54, 1.807) is 6.20 Å².